The standard InChI is InChI=1S/C10H20N2O/c11-8-2-1-3-9(6-8)12-5-4-10(13)7-12/h8-10,13H,1-7,11H2. The van der Waals surface area contributed by atoms with Gasteiger partial charge in [-0.3, -0.25) is 4.90 Å². The summed E-state index contributed by atoms with van der Waals surface area (Å²) in [6.07, 6.45) is 5.72. The lowest BCUT2D eigenvalue weighted by atomic mass is 9.91. The maximum absolute atomic E-state index is 9.42. The molecule has 0 aromatic carbocycles. The van der Waals surface area contributed by atoms with E-state index in [0.717, 1.165) is 25.9 Å². The summed E-state index contributed by atoms with van der Waals surface area (Å²) in [6, 6.07) is 1.05. The predicted molar refractivity (Wildman–Crippen MR) is 52.4 cm³/mol. The lowest BCUT2D eigenvalue weighted by molar-refractivity contribution is 0.137. The summed E-state index contributed by atoms with van der Waals surface area (Å²) >= 11 is 0. The number of rotatable bonds is 1. The van der Waals surface area contributed by atoms with E-state index in [-0.39, 0.29) is 6.10 Å². The molecule has 1 saturated carbocycles. The third-order valence-electron chi connectivity index (χ3n) is 3.40. The highest BCUT2D eigenvalue weighted by molar-refractivity contribution is 4.86. The predicted octanol–water partition coefficient (Wildman–Crippen LogP) is 0.323. The SMILES string of the molecule is NC1CCCC(N2CCC(O)C2)C1. The van der Waals surface area contributed by atoms with Crippen LogP contribution in [0.5, 0.6) is 0 Å². The molecule has 3 atom stereocenters. The van der Waals surface area contributed by atoms with E-state index in [0.29, 0.717) is 12.1 Å². The molecule has 1 aliphatic carbocycles. The molecule has 0 aromatic heterocycles. The van der Waals surface area contributed by atoms with Crippen LogP contribution in [0.4, 0.5) is 0 Å². The number of β-amino-alcohol motifs (C(OH)–C–C–N with tert-alkyl or cyclic N) is 1. The fourth-order valence-electron chi connectivity index (χ4n) is 2.63. The molecule has 0 bridgehead atoms. The molecule has 0 amide bonds. The van der Waals surface area contributed by atoms with Crippen molar-refractivity contribution in [1.29, 1.82) is 0 Å². The highest BCUT2D eigenvalue weighted by atomic mass is 16.3. The summed E-state index contributed by atoms with van der Waals surface area (Å²) < 4.78 is 0. The Morgan fingerprint density at radius 1 is 1.23 bits per heavy atom. The summed E-state index contributed by atoms with van der Waals surface area (Å²) in [5.74, 6) is 0. The van der Waals surface area contributed by atoms with Gasteiger partial charge in [0.25, 0.3) is 0 Å². The van der Waals surface area contributed by atoms with Crippen LogP contribution in [0.15, 0.2) is 0 Å². The number of hydrogen-bond donors (Lipinski definition) is 2. The Hall–Kier alpha value is -0.120. The van der Waals surface area contributed by atoms with E-state index in [1.54, 1.807) is 0 Å². The highest BCUT2D eigenvalue weighted by Gasteiger charge is 2.29. The van der Waals surface area contributed by atoms with Gasteiger partial charge in [-0.25, -0.2) is 0 Å². The van der Waals surface area contributed by atoms with E-state index >= 15 is 0 Å². The van der Waals surface area contributed by atoms with Gasteiger partial charge in [0.15, 0.2) is 0 Å². The van der Waals surface area contributed by atoms with Crippen LogP contribution in [0.2, 0.25) is 0 Å². The molecule has 2 fully saturated rings. The number of nitrogens with two attached hydrogens (primary N) is 1. The molecule has 0 aromatic rings. The molecule has 76 valence electrons. The van der Waals surface area contributed by atoms with E-state index in [1.165, 1.54) is 19.3 Å². The molecule has 0 radical (unpaired) electrons. The topological polar surface area (TPSA) is 49.5 Å². The molecule has 2 rings (SSSR count). The van der Waals surface area contributed by atoms with Crippen LogP contribution in [-0.4, -0.2) is 41.3 Å². The van der Waals surface area contributed by atoms with Gasteiger partial charge in [-0.15, -0.1) is 0 Å². The minimum absolute atomic E-state index is 0.0850. The molecule has 3 nitrogen and oxygen atoms in total. The van der Waals surface area contributed by atoms with Crippen LogP contribution >= 0.6 is 0 Å². The summed E-state index contributed by atoms with van der Waals surface area (Å²) in [7, 11) is 0. The van der Waals surface area contributed by atoms with Crippen LogP contribution in [0.25, 0.3) is 0 Å². The molecule has 3 N–H and O–H groups in total. The van der Waals surface area contributed by atoms with Crippen LogP contribution in [-0.2, 0) is 0 Å². The number of likely N-dealkylation sites (tertiary alicyclic amines) is 1. The van der Waals surface area contributed by atoms with Crippen molar-refractivity contribution in [1.82, 2.24) is 4.90 Å². The Labute approximate surface area is 79.9 Å². The quantitative estimate of drug-likeness (QED) is 0.617. The van der Waals surface area contributed by atoms with Crippen LogP contribution in [0.1, 0.15) is 32.1 Å². The molecule has 13 heavy (non-hydrogen) atoms. The van der Waals surface area contributed by atoms with E-state index < -0.39 is 0 Å². The van der Waals surface area contributed by atoms with Crippen molar-refractivity contribution < 1.29 is 5.11 Å². The van der Waals surface area contributed by atoms with E-state index in [2.05, 4.69) is 4.90 Å². The molecule has 3 unspecified atom stereocenters. The second kappa shape index (κ2) is 3.95. The molecule has 3 heteroatoms. The molecule has 1 aliphatic heterocycles. The van der Waals surface area contributed by atoms with Crippen molar-refractivity contribution >= 4 is 0 Å². The molecule has 2 aliphatic rings. The minimum Gasteiger partial charge on any atom is -0.392 e. The Morgan fingerprint density at radius 2 is 2.08 bits per heavy atom. The zero-order chi connectivity index (χ0) is 9.26. The first-order valence-electron chi connectivity index (χ1n) is 5.43. The van der Waals surface area contributed by atoms with Crippen LogP contribution in [0.3, 0.4) is 0 Å². The van der Waals surface area contributed by atoms with Crippen molar-refractivity contribution in [2.45, 2.75) is 50.3 Å². The average Bonchev–Trinajstić information content (AvgIpc) is 2.52. The molecule has 1 saturated heterocycles. The largest absolute Gasteiger partial charge is 0.392 e. The number of nitrogens with zero attached hydrogens (tertiary/aromatic N) is 1. The van der Waals surface area contributed by atoms with E-state index in [9.17, 15) is 5.11 Å². The minimum atomic E-state index is -0.0850. The summed E-state index contributed by atoms with van der Waals surface area (Å²) in [5.41, 5.74) is 5.94. The summed E-state index contributed by atoms with van der Waals surface area (Å²) in [4.78, 5) is 2.42. The van der Waals surface area contributed by atoms with Crippen molar-refractivity contribution in [3.63, 3.8) is 0 Å². The smallest absolute Gasteiger partial charge is 0.0679 e. The number of aliphatic hydroxyl groups excluding tert-OH is 1. The molecular formula is C10H20N2O. The molecule has 1 heterocycles. The Kier molecular flexibility index (Phi) is 2.86. The molecule has 0 spiro atoms. The summed E-state index contributed by atoms with van der Waals surface area (Å²) in [6.45, 7) is 1.94. The fourth-order valence-corrected chi connectivity index (χ4v) is 2.63. The van der Waals surface area contributed by atoms with E-state index in [4.69, 9.17) is 5.73 Å². The van der Waals surface area contributed by atoms with Crippen molar-refractivity contribution in [3.05, 3.63) is 0 Å². The maximum Gasteiger partial charge on any atom is 0.0679 e. The second-order valence-corrected chi connectivity index (χ2v) is 4.52. The highest BCUT2D eigenvalue weighted by Crippen LogP contribution is 2.25. The fraction of sp³-hybridized carbons (Fsp3) is 1.00. The van der Waals surface area contributed by atoms with Crippen molar-refractivity contribution in [3.8, 4) is 0 Å². The zero-order valence-corrected chi connectivity index (χ0v) is 8.15. The lowest BCUT2D eigenvalue weighted by Crippen LogP contribution is -2.41. The van der Waals surface area contributed by atoms with Gasteiger partial charge in [0.2, 0.25) is 0 Å². The summed E-state index contributed by atoms with van der Waals surface area (Å²) in [5, 5.41) is 9.42. The number of aliphatic hydroxyl groups is 1. The maximum atomic E-state index is 9.42. The van der Waals surface area contributed by atoms with Gasteiger partial charge in [0, 0.05) is 25.2 Å². The van der Waals surface area contributed by atoms with Gasteiger partial charge < -0.3 is 10.8 Å². The number of hydrogen-bond acceptors (Lipinski definition) is 3. The van der Waals surface area contributed by atoms with Gasteiger partial charge in [-0.1, -0.05) is 6.42 Å². The normalized spacial score (nSPS) is 42.5. The second-order valence-electron chi connectivity index (χ2n) is 4.52. The van der Waals surface area contributed by atoms with Gasteiger partial charge in [-0.05, 0) is 25.7 Å². The Morgan fingerprint density at radius 3 is 2.69 bits per heavy atom. The van der Waals surface area contributed by atoms with Crippen LogP contribution in [0, 0.1) is 0 Å². The van der Waals surface area contributed by atoms with Crippen molar-refractivity contribution in [2.24, 2.45) is 5.73 Å². The van der Waals surface area contributed by atoms with Crippen LogP contribution < -0.4 is 5.73 Å². The Balaban J connectivity index is 1.85. The monoisotopic (exact) mass is 184 g/mol. The van der Waals surface area contributed by atoms with E-state index in [1.807, 2.05) is 0 Å². The third-order valence-corrected chi connectivity index (χ3v) is 3.40. The zero-order valence-electron chi connectivity index (χ0n) is 8.15. The Bertz CT molecular complexity index is 174. The lowest BCUT2D eigenvalue weighted by Gasteiger charge is -2.33. The first-order chi connectivity index (χ1) is 6.25. The van der Waals surface area contributed by atoms with Crippen molar-refractivity contribution in [2.75, 3.05) is 13.1 Å². The van der Waals surface area contributed by atoms with Gasteiger partial charge in [-0.2, -0.15) is 0 Å². The average molecular weight is 184 g/mol. The first kappa shape index (κ1) is 9.44. The molecular weight excluding hydrogens is 164 g/mol. The third kappa shape index (κ3) is 2.22. The first-order valence-corrected chi connectivity index (χ1v) is 5.43. The van der Waals surface area contributed by atoms with Gasteiger partial charge in [0.1, 0.15) is 0 Å². The van der Waals surface area contributed by atoms with Gasteiger partial charge in [0.05, 0.1) is 6.10 Å². The van der Waals surface area contributed by atoms with Gasteiger partial charge >= 0.3 is 0 Å².